The molecule has 0 unspecified atom stereocenters. The molecule has 0 atom stereocenters. The van der Waals surface area contributed by atoms with Gasteiger partial charge in [0.1, 0.15) is 12.4 Å². The van der Waals surface area contributed by atoms with Crippen LogP contribution >= 0.6 is 11.6 Å². The van der Waals surface area contributed by atoms with Gasteiger partial charge in [-0.1, -0.05) is 23.7 Å². The minimum absolute atomic E-state index is 0.0365. The van der Waals surface area contributed by atoms with E-state index < -0.39 is 11.7 Å². The van der Waals surface area contributed by atoms with Gasteiger partial charge in [-0.05, 0) is 24.3 Å². The molecule has 3 rings (SSSR count). The number of hydrogen-bond acceptors (Lipinski definition) is 3. The lowest BCUT2D eigenvalue weighted by molar-refractivity contribution is 0.102. The van der Waals surface area contributed by atoms with Crippen molar-refractivity contribution < 1.29 is 13.9 Å². The topological polar surface area (TPSA) is 50.4 Å². The number of nitrogens with one attached hydrogen (secondary N) is 2. The van der Waals surface area contributed by atoms with E-state index in [0.717, 1.165) is 5.69 Å². The maximum Gasteiger partial charge on any atom is 0.259 e. The fourth-order valence-electron chi connectivity index (χ4n) is 2.15. The number of amides is 1. The minimum Gasteiger partial charge on any atom is -0.489 e. The summed E-state index contributed by atoms with van der Waals surface area (Å²) in [7, 11) is 0. The summed E-state index contributed by atoms with van der Waals surface area (Å²) in [6.07, 6.45) is 0. The van der Waals surface area contributed by atoms with Crippen molar-refractivity contribution in [1.29, 1.82) is 0 Å². The SMILES string of the molecule is O=C(Nc1c(F)cccc1Cl)c1cccc2c1OCCN2. The Morgan fingerprint density at radius 2 is 2.10 bits per heavy atom. The summed E-state index contributed by atoms with van der Waals surface area (Å²) in [5.74, 6) is -0.587. The van der Waals surface area contributed by atoms with Crippen LogP contribution in [0.1, 0.15) is 10.4 Å². The first-order valence-corrected chi connectivity index (χ1v) is 6.79. The van der Waals surface area contributed by atoms with Gasteiger partial charge in [-0.15, -0.1) is 0 Å². The number of carbonyl (C=O) groups excluding carboxylic acids is 1. The summed E-state index contributed by atoms with van der Waals surface area (Å²) in [5.41, 5.74) is 1.04. The van der Waals surface area contributed by atoms with Gasteiger partial charge in [-0.3, -0.25) is 4.79 Å². The van der Waals surface area contributed by atoms with Crippen LogP contribution in [-0.4, -0.2) is 19.1 Å². The van der Waals surface area contributed by atoms with Crippen LogP contribution in [0.5, 0.6) is 5.75 Å². The molecule has 4 nitrogen and oxygen atoms in total. The van der Waals surface area contributed by atoms with Gasteiger partial charge in [0.15, 0.2) is 5.75 Å². The Kier molecular flexibility index (Phi) is 3.66. The van der Waals surface area contributed by atoms with Gasteiger partial charge in [0.05, 0.1) is 22.0 Å². The van der Waals surface area contributed by atoms with E-state index >= 15 is 0 Å². The molecular weight excluding hydrogens is 295 g/mol. The highest BCUT2D eigenvalue weighted by Crippen LogP contribution is 2.32. The van der Waals surface area contributed by atoms with Crippen molar-refractivity contribution in [3.8, 4) is 5.75 Å². The number of hydrogen-bond donors (Lipinski definition) is 2. The van der Waals surface area contributed by atoms with E-state index in [9.17, 15) is 9.18 Å². The summed E-state index contributed by atoms with van der Waals surface area (Å²) >= 11 is 5.91. The molecule has 1 heterocycles. The Labute approximate surface area is 125 Å². The zero-order chi connectivity index (χ0) is 14.8. The predicted molar refractivity (Wildman–Crippen MR) is 79.8 cm³/mol. The van der Waals surface area contributed by atoms with Crippen molar-refractivity contribution >= 4 is 28.9 Å². The molecule has 0 radical (unpaired) electrons. The maximum atomic E-state index is 13.7. The van der Waals surface area contributed by atoms with Crippen LogP contribution in [0, 0.1) is 5.82 Å². The first kappa shape index (κ1) is 13.7. The van der Waals surface area contributed by atoms with Crippen molar-refractivity contribution in [1.82, 2.24) is 0 Å². The van der Waals surface area contributed by atoms with E-state index in [-0.39, 0.29) is 10.7 Å². The quantitative estimate of drug-likeness (QED) is 0.892. The Balaban J connectivity index is 1.93. The fraction of sp³-hybridized carbons (Fsp3) is 0.133. The summed E-state index contributed by atoms with van der Waals surface area (Å²) < 4.78 is 19.2. The number of ether oxygens (including phenoxy) is 1. The molecule has 2 N–H and O–H groups in total. The Morgan fingerprint density at radius 1 is 1.29 bits per heavy atom. The van der Waals surface area contributed by atoms with Crippen LogP contribution in [0.4, 0.5) is 15.8 Å². The van der Waals surface area contributed by atoms with Gasteiger partial charge in [-0.25, -0.2) is 4.39 Å². The van der Waals surface area contributed by atoms with Crippen molar-refractivity contribution in [3.63, 3.8) is 0 Å². The second-order valence-electron chi connectivity index (χ2n) is 4.51. The number of fused-ring (bicyclic) bond motifs is 1. The Bertz CT molecular complexity index is 686. The second kappa shape index (κ2) is 5.61. The van der Waals surface area contributed by atoms with E-state index in [0.29, 0.717) is 24.5 Å². The Morgan fingerprint density at radius 3 is 2.90 bits per heavy atom. The first-order chi connectivity index (χ1) is 10.2. The molecule has 1 aliphatic rings. The molecule has 0 saturated heterocycles. The molecule has 108 valence electrons. The van der Waals surface area contributed by atoms with Crippen LogP contribution < -0.4 is 15.4 Å². The van der Waals surface area contributed by atoms with E-state index in [1.165, 1.54) is 18.2 Å². The highest BCUT2D eigenvalue weighted by atomic mass is 35.5. The average molecular weight is 307 g/mol. The molecule has 0 bridgehead atoms. The molecule has 2 aromatic rings. The molecular formula is C15H12ClFN2O2. The smallest absolute Gasteiger partial charge is 0.259 e. The minimum atomic E-state index is -0.584. The second-order valence-corrected chi connectivity index (χ2v) is 4.92. The van der Waals surface area contributed by atoms with E-state index in [1.807, 2.05) is 6.07 Å². The molecule has 1 amide bonds. The number of anilines is 2. The third-order valence-corrected chi connectivity index (χ3v) is 3.44. The molecule has 6 heteroatoms. The zero-order valence-electron chi connectivity index (χ0n) is 11.0. The summed E-state index contributed by atoms with van der Waals surface area (Å²) in [5, 5.41) is 5.78. The van der Waals surface area contributed by atoms with E-state index in [4.69, 9.17) is 16.3 Å². The third-order valence-electron chi connectivity index (χ3n) is 3.12. The molecule has 0 saturated carbocycles. The van der Waals surface area contributed by atoms with Crippen molar-refractivity contribution in [2.75, 3.05) is 23.8 Å². The van der Waals surface area contributed by atoms with E-state index in [2.05, 4.69) is 10.6 Å². The normalized spacial score (nSPS) is 12.9. The number of halogens is 2. The molecule has 0 spiro atoms. The molecule has 2 aromatic carbocycles. The summed E-state index contributed by atoms with van der Waals surface area (Å²) in [4.78, 5) is 12.3. The zero-order valence-corrected chi connectivity index (χ0v) is 11.7. The lowest BCUT2D eigenvalue weighted by atomic mass is 10.1. The molecule has 1 aliphatic heterocycles. The fourth-order valence-corrected chi connectivity index (χ4v) is 2.36. The number of rotatable bonds is 2. The van der Waals surface area contributed by atoms with Crippen molar-refractivity contribution in [3.05, 3.63) is 52.8 Å². The third kappa shape index (κ3) is 2.64. The number of para-hydroxylation sites is 2. The van der Waals surface area contributed by atoms with Gasteiger partial charge in [-0.2, -0.15) is 0 Å². The van der Waals surface area contributed by atoms with Gasteiger partial charge in [0.2, 0.25) is 0 Å². The average Bonchev–Trinajstić information content (AvgIpc) is 2.50. The maximum absolute atomic E-state index is 13.7. The molecule has 0 fully saturated rings. The molecule has 21 heavy (non-hydrogen) atoms. The largest absolute Gasteiger partial charge is 0.489 e. The van der Waals surface area contributed by atoms with Crippen molar-refractivity contribution in [2.45, 2.75) is 0 Å². The highest BCUT2D eigenvalue weighted by Gasteiger charge is 2.20. The number of benzene rings is 2. The Hall–Kier alpha value is -2.27. The lowest BCUT2D eigenvalue weighted by Crippen LogP contribution is -2.22. The first-order valence-electron chi connectivity index (χ1n) is 6.42. The van der Waals surface area contributed by atoms with E-state index in [1.54, 1.807) is 12.1 Å². The van der Waals surface area contributed by atoms with Crippen LogP contribution in [0.25, 0.3) is 0 Å². The standard InChI is InChI=1S/C15H12ClFN2O2/c16-10-4-2-5-11(17)13(10)19-15(20)9-3-1-6-12-14(9)21-8-7-18-12/h1-6,18H,7-8H2,(H,19,20). The summed E-state index contributed by atoms with van der Waals surface area (Å²) in [6, 6.07) is 9.40. The van der Waals surface area contributed by atoms with Crippen molar-refractivity contribution in [2.24, 2.45) is 0 Å². The highest BCUT2D eigenvalue weighted by molar-refractivity contribution is 6.34. The van der Waals surface area contributed by atoms with Crippen LogP contribution in [0.2, 0.25) is 5.02 Å². The van der Waals surface area contributed by atoms with Crippen LogP contribution in [0.3, 0.4) is 0 Å². The van der Waals surface area contributed by atoms with Gasteiger partial charge >= 0.3 is 0 Å². The monoisotopic (exact) mass is 306 g/mol. The number of carbonyl (C=O) groups is 1. The molecule has 0 aliphatic carbocycles. The predicted octanol–water partition coefficient (Wildman–Crippen LogP) is 3.54. The lowest BCUT2D eigenvalue weighted by Gasteiger charge is -2.21. The van der Waals surface area contributed by atoms with Crippen LogP contribution in [-0.2, 0) is 0 Å². The van der Waals surface area contributed by atoms with Gasteiger partial charge < -0.3 is 15.4 Å². The summed E-state index contributed by atoms with van der Waals surface area (Å²) in [6.45, 7) is 1.15. The van der Waals surface area contributed by atoms with Gasteiger partial charge in [0.25, 0.3) is 5.91 Å². The van der Waals surface area contributed by atoms with Gasteiger partial charge in [0, 0.05) is 6.54 Å². The molecule has 0 aromatic heterocycles. The van der Waals surface area contributed by atoms with Crippen LogP contribution in [0.15, 0.2) is 36.4 Å².